The summed E-state index contributed by atoms with van der Waals surface area (Å²) in [6.45, 7) is -0.0448. The topological polar surface area (TPSA) is 94.2 Å². The van der Waals surface area contributed by atoms with Crippen LogP contribution in [-0.2, 0) is 23.6 Å². The number of nitrogens with zero attached hydrogens (tertiary/aromatic N) is 2. The van der Waals surface area contributed by atoms with Gasteiger partial charge in [0.05, 0.1) is 4.92 Å². The average molecular weight is 313 g/mol. The van der Waals surface area contributed by atoms with E-state index in [1.807, 2.05) is 0 Å². The number of benzene rings is 1. The van der Waals surface area contributed by atoms with E-state index < -0.39 is 31.3 Å². The number of aryl methyl sites for hydroxylation is 1. The van der Waals surface area contributed by atoms with E-state index in [2.05, 4.69) is 4.72 Å². The molecule has 0 radical (unpaired) electrons. The Bertz CT molecular complexity index is 786. The lowest BCUT2D eigenvalue weighted by Crippen LogP contribution is -2.24. The molecule has 0 aliphatic carbocycles. The van der Waals surface area contributed by atoms with E-state index >= 15 is 0 Å². The molecule has 2 rings (SSSR count). The maximum atomic E-state index is 13.5. The summed E-state index contributed by atoms with van der Waals surface area (Å²) in [5.74, 6) is -1.19. The summed E-state index contributed by atoms with van der Waals surface area (Å²) in [5, 5.41) is 10.8. The number of nitro benzene ring substituents is 1. The van der Waals surface area contributed by atoms with E-state index in [1.165, 1.54) is 0 Å². The van der Waals surface area contributed by atoms with Gasteiger partial charge in [0.15, 0.2) is 4.90 Å². The van der Waals surface area contributed by atoms with Crippen LogP contribution in [0.4, 0.5) is 10.1 Å². The molecule has 9 heteroatoms. The van der Waals surface area contributed by atoms with Crippen molar-refractivity contribution in [1.29, 1.82) is 0 Å². The number of rotatable bonds is 5. The number of sulfonamides is 1. The zero-order valence-electron chi connectivity index (χ0n) is 11.0. The summed E-state index contributed by atoms with van der Waals surface area (Å²) in [6, 6.07) is 4.64. The molecule has 0 aliphatic rings. The predicted octanol–water partition coefficient (Wildman–Crippen LogP) is 1.55. The molecule has 0 saturated carbocycles. The molecule has 7 nitrogen and oxygen atoms in total. The summed E-state index contributed by atoms with van der Waals surface area (Å²) in [7, 11) is -2.42. The minimum atomic E-state index is -4.19. The Kier molecular flexibility index (Phi) is 4.05. The van der Waals surface area contributed by atoms with E-state index in [0.717, 1.165) is 18.2 Å². The SMILES string of the molecule is Cn1ccc(CNS(=O)(=O)c2cccc(F)c2[N+](=O)[O-])c1. The number of nitro groups is 1. The van der Waals surface area contributed by atoms with Gasteiger partial charge < -0.3 is 4.57 Å². The molecule has 0 atom stereocenters. The molecule has 1 aromatic heterocycles. The van der Waals surface area contributed by atoms with Crippen LogP contribution in [0.1, 0.15) is 5.56 Å². The molecule has 1 N–H and O–H groups in total. The molecule has 112 valence electrons. The van der Waals surface area contributed by atoms with E-state index in [1.54, 1.807) is 30.1 Å². The summed E-state index contributed by atoms with van der Waals surface area (Å²) in [4.78, 5) is 9.10. The van der Waals surface area contributed by atoms with Crippen LogP contribution in [0.25, 0.3) is 0 Å². The van der Waals surface area contributed by atoms with Gasteiger partial charge in [0, 0.05) is 26.0 Å². The van der Waals surface area contributed by atoms with Crippen LogP contribution >= 0.6 is 0 Å². The maximum Gasteiger partial charge on any atom is 0.324 e. The van der Waals surface area contributed by atoms with Crippen LogP contribution in [0.2, 0.25) is 0 Å². The predicted molar refractivity (Wildman–Crippen MR) is 72.5 cm³/mol. The van der Waals surface area contributed by atoms with Gasteiger partial charge in [-0.2, -0.15) is 4.39 Å². The van der Waals surface area contributed by atoms with Crippen molar-refractivity contribution >= 4 is 15.7 Å². The van der Waals surface area contributed by atoms with Gasteiger partial charge in [-0.25, -0.2) is 13.1 Å². The summed E-state index contributed by atoms with van der Waals surface area (Å²) < 4.78 is 41.6. The van der Waals surface area contributed by atoms with Crippen molar-refractivity contribution in [3.63, 3.8) is 0 Å². The highest BCUT2D eigenvalue weighted by Crippen LogP contribution is 2.26. The Morgan fingerprint density at radius 2 is 2.10 bits per heavy atom. The fraction of sp³-hybridized carbons (Fsp3) is 0.167. The first kappa shape index (κ1) is 15.1. The number of nitrogens with one attached hydrogen (secondary N) is 1. The van der Waals surface area contributed by atoms with Crippen molar-refractivity contribution < 1.29 is 17.7 Å². The van der Waals surface area contributed by atoms with E-state index in [9.17, 15) is 22.9 Å². The molecule has 1 aromatic carbocycles. The standard InChI is InChI=1S/C12H12FN3O4S/c1-15-6-5-9(8-15)7-14-21(19,20)11-4-2-3-10(13)12(11)16(17)18/h2-6,8,14H,7H2,1H3. The number of halogens is 1. The van der Waals surface area contributed by atoms with Crippen molar-refractivity contribution in [2.75, 3.05) is 0 Å². The molecular formula is C12H12FN3O4S. The quantitative estimate of drug-likeness (QED) is 0.669. The molecule has 0 saturated heterocycles. The Morgan fingerprint density at radius 3 is 2.67 bits per heavy atom. The highest BCUT2D eigenvalue weighted by atomic mass is 32.2. The highest BCUT2D eigenvalue weighted by Gasteiger charge is 2.29. The summed E-state index contributed by atoms with van der Waals surface area (Å²) >= 11 is 0. The van der Waals surface area contributed by atoms with Crippen molar-refractivity contribution in [2.24, 2.45) is 7.05 Å². The van der Waals surface area contributed by atoms with Crippen LogP contribution in [0.3, 0.4) is 0 Å². The second-order valence-corrected chi connectivity index (χ2v) is 6.09. The fourth-order valence-corrected chi connectivity index (χ4v) is 3.01. The van der Waals surface area contributed by atoms with Gasteiger partial charge in [0.25, 0.3) is 0 Å². The molecular weight excluding hydrogens is 301 g/mol. The monoisotopic (exact) mass is 313 g/mol. The summed E-state index contributed by atoms with van der Waals surface area (Å²) in [5.41, 5.74) is -0.377. The lowest BCUT2D eigenvalue weighted by atomic mass is 10.3. The molecule has 0 aliphatic heterocycles. The second kappa shape index (κ2) is 5.62. The highest BCUT2D eigenvalue weighted by molar-refractivity contribution is 7.89. The van der Waals surface area contributed by atoms with Crippen molar-refractivity contribution in [3.05, 3.63) is 58.2 Å². The van der Waals surface area contributed by atoms with Crippen LogP contribution in [-0.4, -0.2) is 17.9 Å². The van der Waals surface area contributed by atoms with E-state index in [0.29, 0.717) is 5.56 Å². The average Bonchev–Trinajstić information content (AvgIpc) is 2.82. The maximum absolute atomic E-state index is 13.5. The van der Waals surface area contributed by atoms with E-state index in [-0.39, 0.29) is 6.54 Å². The first-order chi connectivity index (χ1) is 9.81. The number of aromatic nitrogens is 1. The van der Waals surface area contributed by atoms with Crippen molar-refractivity contribution in [2.45, 2.75) is 11.4 Å². The molecule has 0 bridgehead atoms. The Hall–Kier alpha value is -2.26. The lowest BCUT2D eigenvalue weighted by molar-refractivity contribution is -0.390. The van der Waals surface area contributed by atoms with Gasteiger partial charge in [-0.3, -0.25) is 10.1 Å². The molecule has 0 unspecified atom stereocenters. The van der Waals surface area contributed by atoms with Gasteiger partial charge in [-0.15, -0.1) is 0 Å². The van der Waals surface area contributed by atoms with Gasteiger partial charge in [0.1, 0.15) is 0 Å². The Morgan fingerprint density at radius 1 is 1.38 bits per heavy atom. The molecule has 0 spiro atoms. The zero-order valence-corrected chi connectivity index (χ0v) is 11.8. The number of hydrogen-bond donors (Lipinski definition) is 1. The van der Waals surface area contributed by atoms with Gasteiger partial charge in [-0.05, 0) is 23.8 Å². The Balaban J connectivity index is 2.32. The molecule has 21 heavy (non-hydrogen) atoms. The molecule has 0 amide bonds. The van der Waals surface area contributed by atoms with E-state index in [4.69, 9.17) is 0 Å². The molecule has 1 heterocycles. The van der Waals surface area contributed by atoms with Gasteiger partial charge in [-0.1, -0.05) is 6.07 Å². The number of para-hydroxylation sites is 1. The molecule has 0 fully saturated rings. The summed E-state index contributed by atoms with van der Waals surface area (Å²) in [6.07, 6.45) is 3.43. The minimum absolute atomic E-state index is 0.0448. The molecule has 2 aromatic rings. The van der Waals surface area contributed by atoms with Crippen LogP contribution in [0.15, 0.2) is 41.6 Å². The second-order valence-electron chi connectivity index (χ2n) is 4.35. The third-order valence-corrected chi connectivity index (χ3v) is 4.21. The third kappa shape index (κ3) is 3.26. The smallest absolute Gasteiger partial charge is 0.324 e. The Labute approximate surface area is 120 Å². The lowest BCUT2D eigenvalue weighted by Gasteiger charge is -2.06. The van der Waals surface area contributed by atoms with Gasteiger partial charge >= 0.3 is 5.69 Å². The minimum Gasteiger partial charge on any atom is -0.357 e. The van der Waals surface area contributed by atoms with Crippen molar-refractivity contribution in [1.82, 2.24) is 9.29 Å². The van der Waals surface area contributed by atoms with Crippen LogP contribution in [0, 0.1) is 15.9 Å². The van der Waals surface area contributed by atoms with Crippen molar-refractivity contribution in [3.8, 4) is 0 Å². The zero-order chi connectivity index (χ0) is 15.6. The fourth-order valence-electron chi connectivity index (χ4n) is 1.81. The first-order valence-corrected chi connectivity index (χ1v) is 7.33. The van der Waals surface area contributed by atoms with Crippen LogP contribution < -0.4 is 4.72 Å². The number of hydrogen-bond acceptors (Lipinski definition) is 4. The van der Waals surface area contributed by atoms with Gasteiger partial charge in [0.2, 0.25) is 15.8 Å². The first-order valence-electron chi connectivity index (χ1n) is 5.84. The third-order valence-electron chi connectivity index (χ3n) is 2.78. The van der Waals surface area contributed by atoms with Crippen LogP contribution in [0.5, 0.6) is 0 Å². The normalized spacial score (nSPS) is 11.5. The largest absolute Gasteiger partial charge is 0.357 e.